The predicted molar refractivity (Wildman–Crippen MR) is 423 cm³/mol. The summed E-state index contributed by atoms with van der Waals surface area (Å²) in [5, 5.41) is 51.1. The molecule has 0 fully saturated rings. The summed E-state index contributed by atoms with van der Waals surface area (Å²) >= 11 is 0. The number of aliphatic carboxylic acids is 5. The van der Waals surface area contributed by atoms with Gasteiger partial charge in [-0.05, 0) is 64.2 Å². The smallest absolute Gasteiger partial charge is 0.550 e. The number of hydrogen-bond acceptors (Lipinski definition) is 10. The van der Waals surface area contributed by atoms with Gasteiger partial charge in [0, 0.05) is 29.8 Å². The second-order valence-corrected chi connectivity index (χ2v) is 30.4. The van der Waals surface area contributed by atoms with Gasteiger partial charge in [0.15, 0.2) is 0 Å². The number of unbranched alkanes of at least 4 members (excludes halogenated alkanes) is 70. The Labute approximate surface area is 642 Å². The SMILES string of the molecule is CCCCCCCCCCCCCCCCCC(=O)[O-].CCCCCCCCCCCCCCCCCC(=O)[O-].CCCCCCCCCCCCCCCCCC(=O)[O-].CCCCCCCCCCCCCCCCCC(=O)[O-].CCCCCCCCCCCCCCCCCC(=O)[O-].[V+5]. The van der Waals surface area contributed by atoms with Gasteiger partial charge in [-0.2, -0.15) is 0 Å². The van der Waals surface area contributed by atoms with Crippen LogP contribution in [0.3, 0.4) is 0 Å². The predicted octanol–water partition coefficient (Wildman–Crippen LogP) is 25.0. The average molecular weight is 1470 g/mol. The van der Waals surface area contributed by atoms with Crippen LogP contribution in [0.1, 0.15) is 548 Å². The van der Waals surface area contributed by atoms with E-state index >= 15 is 0 Å². The molecule has 0 amide bonds. The van der Waals surface area contributed by atoms with Crippen LogP contribution < -0.4 is 25.5 Å². The fraction of sp³-hybridized carbons (Fsp3) is 0.944. The molecule has 600 valence electrons. The van der Waals surface area contributed by atoms with E-state index in [0.717, 1.165) is 64.2 Å². The van der Waals surface area contributed by atoms with E-state index in [1.54, 1.807) is 0 Å². The summed E-state index contributed by atoms with van der Waals surface area (Å²) < 4.78 is 0. The van der Waals surface area contributed by atoms with Crippen molar-refractivity contribution in [1.29, 1.82) is 0 Å². The Morgan fingerprint density at radius 2 is 0.188 bits per heavy atom. The molecule has 101 heavy (non-hydrogen) atoms. The van der Waals surface area contributed by atoms with Gasteiger partial charge in [0.1, 0.15) is 0 Å². The van der Waals surface area contributed by atoms with Crippen LogP contribution in [0.4, 0.5) is 0 Å². The molecule has 0 atom stereocenters. The Morgan fingerprint density at radius 3 is 0.248 bits per heavy atom. The molecular formula is C90H175O10V. The standard InChI is InChI=1S/5C18H36O2.V/c5*1-2-3-4-5-6-7-8-9-10-11-12-13-14-15-16-17-18(19)20;/h5*2-17H2,1H3,(H,19,20);/q;;;;;+5/p-5. The summed E-state index contributed by atoms with van der Waals surface area (Å²) in [5.74, 6) is -4.52. The van der Waals surface area contributed by atoms with Gasteiger partial charge >= 0.3 is 18.6 Å². The molecule has 0 radical (unpaired) electrons. The van der Waals surface area contributed by atoms with E-state index in [1.807, 2.05) is 0 Å². The van der Waals surface area contributed by atoms with Crippen LogP contribution in [-0.4, -0.2) is 29.8 Å². The molecule has 0 N–H and O–H groups in total. The third kappa shape index (κ3) is 131. The van der Waals surface area contributed by atoms with Crippen LogP contribution in [0, 0.1) is 0 Å². The third-order valence-corrected chi connectivity index (χ3v) is 19.9. The molecule has 0 rings (SSSR count). The van der Waals surface area contributed by atoms with Gasteiger partial charge in [0.25, 0.3) is 0 Å². The van der Waals surface area contributed by atoms with Crippen LogP contribution in [0.25, 0.3) is 0 Å². The van der Waals surface area contributed by atoms with Gasteiger partial charge in [0.05, 0.1) is 0 Å². The first kappa shape index (κ1) is 110. The Morgan fingerprint density at radius 1 is 0.129 bits per heavy atom. The Hall–Kier alpha value is -2.07. The zero-order chi connectivity index (χ0) is 74.5. The van der Waals surface area contributed by atoms with Crippen molar-refractivity contribution in [2.45, 2.75) is 548 Å². The van der Waals surface area contributed by atoms with Crippen molar-refractivity contribution >= 4 is 29.8 Å². The number of hydrogen-bond donors (Lipinski definition) is 0. The monoisotopic (exact) mass is 1470 g/mol. The van der Waals surface area contributed by atoms with Gasteiger partial charge in [0.2, 0.25) is 0 Å². The molecule has 0 saturated heterocycles. The summed E-state index contributed by atoms with van der Waals surface area (Å²) in [5.41, 5.74) is 0. The maximum atomic E-state index is 10.2. The van der Waals surface area contributed by atoms with E-state index in [9.17, 15) is 49.5 Å². The summed E-state index contributed by atoms with van der Waals surface area (Å²) in [4.78, 5) is 51.1. The van der Waals surface area contributed by atoms with Crippen molar-refractivity contribution in [3.63, 3.8) is 0 Å². The third-order valence-electron chi connectivity index (χ3n) is 19.9. The Kier molecular flexibility index (Phi) is 116. The van der Waals surface area contributed by atoms with Crippen molar-refractivity contribution < 1.29 is 68.1 Å². The molecule has 0 heterocycles. The number of carboxylic acid groups (broad SMARTS) is 5. The largest absolute Gasteiger partial charge is 5.00 e. The molecule has 0 bridgehead atoms. The van der Waals surface area contributed by atoms with Gasteiger partial charge in [-0.25, -0.2) is 0 Å². The fourth-order valence-corrected chi connectivity index (χ4v) is 13.2. The minimum atomic E-state index is -0.903. The molecule has 0 aliphatic rings. The molecule has 10 nitrogen and oxygen atoms in total. The number of carbonyl (C=O) groups excluding carboxylic acids is 5. The van der Waals surface area contributed by atoms with E-state index in [1.165, 1.54) is 417 Å². The first-order valence-electron chi connectivity index (χ1n) is 44.8. The number of rotatable bonds is 80. The molecule has 0 aromatic carbocycles. The van der Waals surface area contributed by atoms with Gasteiger partial charge < -0.3 is 49.5 Å². The molecule has 0 saturated carbocycles. The van der Waals surface area contributed by atoms with Crippen molar-refractivity contribution in [2.24, 2.45) is 0 Å². The van der Waals surface area contributed by atoms with Crippen molar-refractivity contribution in [3.8, 4) is 0 Å². The van der Waals surface area contributed by atoms with E-state index in [2.05, 4.69) is 34.6 Å². The maximum absolute atomic E-state index is 10.2. The van der Waals surface area contributed by atoms with Crippen molar-refractivity contribution in [2.75, 3.05) is 0 Å². The van der Waals surface area contributed by atoms with Gasteiger partial charge in [-0.15, -0.1) is 0 Å². The molecule has 0 aromatic rings. The van der Waals surface area contributed by atoms with E-state index < -0.39 is 29.8 Å². The molecule has 0 aliphatic heterocycles. The van der Waals surface area contributed by atoms with E-state index in [-0.39, 0.29) is 50.7 Å². The summed E-state index contributed by atoms with van der Waals surface area (Å²) in [6.45, 7) is 11.3. The average Bonchev–Trinajstić information content (AvgIpc) is 3.67. The molecule has 0 aromatic heterocycles. The van der Waals surface area contributed by atoms with Crippen molar-refractivity contribution in [3.05, 3.63) is 0 Å². The first-order valence-corrected chi connectivity index (χ1v) is 44.8. The topological polar surface area (TPSA) is 201 Å². The summed E-state index contributed by atoms with van der Waals surface area (Å²) in [6, 6.07) is 0. The van der Waals surface area contributed by atoms with Crippen LogP contribution >= 0.6 is 0 Å². The number of carboxylic acids is 5. The van der Waals surface area contributed by atoms with Crippen LogP contribution in [0.2, 0.25) is 0 Å². The maximum Gasteiger partial charge on any atom is 5.00 e. The minimum absolute atomic E-state index is 0. The normalized spacial score (nSPS) is 10.7. The van der Waals surface area contributed by atoms with Gasteiger partial charge in [-0.3, -0.25) is 0 Å². The van der Waals surface area contributed by atoms with Crippen LogP contribution in [0.15, 0.2) is 0 Å². The molecule has 0 aliphatic carbocycles. The second-order valence-electron chi connectivity index (χ2n) is 30.4. The Bertz CT molecular complexity index is 1270. The summed E-state index contributed by atoms with van der Waals surface area (Å²) in [6.07, 6.45) is 99.3. The molecule has 0 spiro atoms. The Balaban J connectivity index is -0.000000279. The zero-order valence-corrected chi connectivity index (χ0v) is 70.0. The van der Waals surface area contributed by atoms with Crippen LogP contribution in [0.5, 0.6) is 0 Å². The molecular weight excluding hydrogens is 1290 g/mol. The first-order chi connectivity index (χ1) is 48.9. The second kappa shape index (κ2) is 107. The van der Waals surface area contributed by atoms with Crippen LogP contribution in [-0.2, 0) is 42.5 Å². The minimum Gasteiger partial charge on any atom is -0.550 e. The summed E-state index contributed by atoms with van der Waals surface area (Å²) in [7, 11) is 0. The molecule has 11 heteroatoms. The zero-order valence-electron chi connectivity index (χ0n) is 68.6. The fourth-order valence-electron chi connectivity index (χ4n) is 13.2. The van der Waals surface area contributed by atoms with E-state index in [4.69, 9.17) is 0 Å². The van der Waals surface area contributed by atoms with Crippen molar-refractivity contribution in [1.82, 2.24) is 0 Å². The quantitative estimate of drug-likeness (QED) is 0.0528. The number of carbonyl (C=O) groups is 5. The molecule has 0 unspecified atom stereocenters. The van der Waals surface area contributed by atoms with Gasteiger partial charge in [-0.1, -0.05) is 484 Å². The van der Waals surface area contributed by atoms with E-state index in [0.29, 0.717) is 0 Å².